The van der Waals surface area contributed by atoms with E-state index in [1.165, 1.54) is 0 Å². The highest BCUT2D eigenvalue weighted by Gasteiger charge is 2.28. The molecular weight excluding hydrogens is 296 g/mol. The van der Waals surface area contributed by atoms with Crippen molar-refractivity contribution < 1.29 is 19.1 Å². The smallest absolute Gasteiger partial charge is 0.410 e. The molecule has 0 aliphatic carbocycles. The third-order valence-corrected chi connectivity index (χ3v) is 3.54. The van der Waals surface area contributed by atoms with Crippen LogP contribution in [0.15, 0.2) is 6.07 Å². The van der Waals surface area contributed by atoms with Crippen molar-refractivity contribution in [3.8, 4) is 0 Å². The van der Waals surface area contributed by atoms with Crippen LogP contribution in [0, 0.1) is 6.92 Å². The number of pyridine rings is 1. The van der Waals surface area contributed by atoms with Gasteiger partial charge >= 0.3 is 12.1 Å². The predicted octanol–water partition coefficient (Wildman–Crippen LogP) is 2.86. The molecular formula is C17H24N2O4. The molecule has 0 unspecified atom stereocenters. The molecule has 6 nitrogen and oxygen atoms in total. The Kier molecular flexibility index (Phi) is 4.92. The number of esters is 1. The quantitative estimate of drug-likeness (QED) is 0.784. The van der Waals surface area contributed by atoms with Crippen LogP contribution in [0.4, 0.5) is 4.79 Å². The molecule has 1 amide bonds. The highest BCUT2D eigenvalue weighted by Crippen LogP contribution is 2.23. The van der Waals surface area contributed by atoms with Gasteiger partial charge in [-0.2, -0.15) is 0 Å². The summed E-state index contributed by atoms with van der Waals surface area (Å²) < 4.78 is 10.4. The highest BCUT2D eigenvalue weighted by atomic mass is 16.6. The average Bonchev–Trinajstić information content (AvgIpc) is 2.45. The summed E-state index contributed by atoms with van der Waals surface area (Å²) in [4.78, 5) is 30.1. The fourth-order valence-corrected chi connectivity index (χ4v) is 2.54. The fraction of sp³-hybridized carbons (Fsp3) is 0.588. The molecule has 1 aliphatic heterocycles. The number of nitrogens with zero attached hydrogens (tertiary/aromatic N) is 2. The lowest BCUT2D eigenvalue weighted by molar-refractivity contribution is 0.0220. The lowest BCUT2D eigenvalue weighted by Crippen LogP contribution is -2.40. The van der Waals surface area contributed by atoms with Crippen molar-refractivity contribution >= 4 is 12.1 Å². The number of amides is 1. The van der Waals surface area contributed by atoms with Gasteiger partial charge in [0.05, 0.1) is 18.8 Å². The number of aromatic nitrogens is 1. The average molecular weight is 320 g/mol. The summed E-state index contributed by atoms with van der Waals surface area (Å²) in [5.74, 6) is -0.437. The molecule has 126 valence electrons. The number of carbonyl (C=O) groups excluding carboxylic acids is 2. The first-order valence-corrected chi connectivity index (χ1v) is 7.85. The zero-order valence-electron chi connectivity index (χ0n) is 14.4. The number of carbonyl (C=O) groups is 2. The maximum Gasteiger partial charge on any atom is 0.410 e. The lowest BCUT2D eigenvalue weighted by Gasteiger charge is -2.31. The SMILES string of the molecule is CCOC(=O)c1cc(C)c2c(n1)CN(C(=O)OC(C)(C)C)CC2. The van der Waals surface area contributed by atoms with E-state index in [4.69, 9.17) is 9.47 Å². The van der Waals surface area contributed by atoms with E-state index in [0.29, 0.717) is 26.1 Å². The van der Waals surface area contributed by atoms with Crippen LogP contribution in [0.2, 0.25) is 0 Å². The molecule has 0 atom stereocenters. The van der Waals surface area contributed by atoms with E-state index in [1.54, 1.807) is 17.9 Å². The summed E-state index contributed by atoms with van der Waals surface area (Å²) in [6.07, 6.45) is 0.348. The van der Waals surface area contributed by atoms with E-state index < -0.39 is 11.6 Å². The Labute approximate surface area is 136 Å². The summed E-state index contributed by atoms with van der Waals surface area (Å²) in [6.45, 7) is 10.5. The van der Waals surface area contributed by atoms with Gasteiger partial charge in [-0.1, -0.05) is 0 Å². The second kappa shape index (κ2) is 6.56. The van der Waals surface area contributed by atoms with E-state index in [9.17, 15) is 9.59 Å². The molecule has 6 heteroatoms. The Hall–Kier alpha value is -2.11. The van der Waals surface area contributed by atoms with E-state index in [2.05, 4.69) is 4.98 Å². The monoisotopic (exact) mass is 320 g/mol. The standard InChI is InChI=1S/C17H24N2O4/c1-6-22-15(20)13-9-11(2)12-7-8-19(10-14(12)18-13)16(21)23-17(3,4)5/h9H,6-8,10H2,1-5H3. The number of rotatable bonds is 2. The molecule has 1 aromatic rings. The third-order valence-electron chi connectivity index (χ3n) is 3.54. The van der Waals surface area contributed by atoms with Crippen LogP contribution in [0.1, 0.15) is 55.0 Å². The Bertz CT molecular complexity index is 620. The van der Waals surface area contributed by atoms with Crippen LogP contribution in [0.3, 0.4) is 0 Å². The molecule has 0 fully saturated rings. The Morgan fingerprint density at radius 3 is 2.65 bits per heavy atom. The first-order chi connectivity index (χ1) is 10.7. The third kappa shape index (κ3) is 4.21. The molecule has 0 aromatic carbocycles. The van der Waals surface area contributed by atoms with E-state index >= 15 is 0 Å². The van der Waals surface area contributed by atoms with Crippen molar-refractivity contribution in [2.24, 2.45) is 0 Å². The maximum atomic E-state index is 12.2. The number of hydrogen-bond donors (Lipinski definition) is 0. The fourth-order valence-electron chi connectivity index (χ4n) is 2.54. The number of hydrogen-bond acceptors (Lipinski definition) is 5. The van der Waals surface area contributed by atoms with Gasteiger partial charge in [0.1, 0.15) is 11.3 Å². The molecule has 0 bridgehead atoms. The van der Waals surface area contributed by atoms with E-state index in [-0.39, 0.29) is 11.8 Å². The molecule has 2 heterocycles. The molecule has 0 saturated heterocycles. The topological polar surface area (TPSA) is 68.7 Å². The van der Waals surface area contributed by atoms with Gasteiger partial charge in [0, 0.05) is 6.54 Å². The van der Waals surface area contributed by atoms with Gasteiger partial charge in [0.2, 0.25) is 0 Å². The van der Waals surface area contributed by atoms with Crippen molar-refractivity contribution in [3.05, 3.63) is 28.6 Å². The summed E-state index contributed by atoms with van der Waals surface area (Å²) >= 11 is 0. The minimum absolute atomic E-state index is 0.286. The summed E-state index contributed by atoms with van der Waals surface area (Å²) in [6, 6.07) is 1.75. The molecule has 0 N–H and O–H groups in total. The Morgan fingerprint density at radius 1 is 1.35 bits per heavy atom. The van der Waals surface area contributed by atoms with Gasteiger partial charge in [0.25, 0.3) is 0 Å². The van der Waals surface area contributed by atoms with Crippen LogP contribution < -0.4 is 0 Å². The predicted molar refractivity (Wildman–Crippen MR) is 85.3 cm³/mol. The number of ether oxygens (including phenoxy) is 2. The second-order valence-electron chi connectivity index (χ2n) is 6.62. The zero-order valence-corrected chi connectivity index (χ0v) is 14.4. The van der Waals surface area contributed by atoms with Gasteiger partial charge in [-0.05, 0) is 58.2 Å². The van der Waals surface area contributed by atoms with Crippen molar-refractivity contribution in [2.45, 2.75) is 53.2 Å². The second-order valence-corrected chi connectivity index (χ2v) is 6.62. The van der Waals surface area contributed by atoms with E-state index in [0.717, 1.165) is 16.8 Å². The first-order valence-electron chi connectivity index (χ1n) is 7.85. The molecule has 0 spiro atoms. The van der Waals surface area contributed by atoms with Crippen LogP contribution >= 0.6 is 0 Å². The van der Waals surface area contributed by atoms with Gasteiger partial charge in [-0.25, -0.2) is 14.6 Å². The van der Waals surface area contributed by atoms with Crippen molar-refractivity contribution in [3.63, 3.8) is 0 Å². The van der Waals surface area contributed by atoms with E-state index in [1.807, 2.05) is 27.7 Å². The van der Waals surface area contributed by atoms with Crippen LogP contribution in [0.5, 0.6) is 0 Å². The van der Waals surface area contributed by atoms with Gasteiger partial charge in [-0.15, -0.1) is 0 Å². The minimum Gasteiger partial charge on any atom is -0.461 e. The molecule has 2 rings (SSSR count). The normalized spacial score (nSPS) is 14.2. The molecule has 23 heavy (non-hydrogen) atoms. The van der Waals surface area contributed by atoms with Crippen LogP contribution in [-0.4, -0.2) is 40.7 Å². The molecule has 1 aliphatic rings. The molecule has 0 radical (unpaired) electrons. The summed E-state index contributed by atoms with van der Waals surface area (Å²) in [5.41, 5.74) is 2.59. The van der Waals surface area contributed by atoms with Gasteiger partial charge in [-0.3, -0.25) is 0 Å². The van der Waals surface area contributed by atoms with Crippen molar-refractivity contribution in [1.82, 2.24) is 9.88 Å². The Morgan fingerprint density at radius 2 is 2.04 bits per heavy atom. The zero-order chi connectivity index (χ0) is 17.2. The highest BCUT2D eigenvalue weighted by molar-refractivity contribution is 5.87. The van der Waals surface area contributed by atoms with Crippen LogP contribution in [-0.2, 0) is 22.4 Å². The largest absolute Gasteiger partial charge is 0.461 e. The van der Waals surface area contributed by atoms with Crippen molar-refractivity contribution in [2.75, 3.05) is 13.2 Å². The van der Waals surface area contributed by atoms with Gasteiger partial charge in [0.15, 0.2) is 0 Å². The number of aryl methyl sites for hydroxylation is 1. The maximum absolute atomic E-state index is 12.2. The lowest BCUT2D eigenvalue weighted by atomic mass is 9.99. The summed E-state index contributed by atoms with van der Waals surface area (Å²) in [7, 11) is 0. The number of fused-ring (bicyclic) bond motifs is 1. The minimum atomic E-state index is -0.534. The molecule has 0 saturated carbocycles. The van der Waals surface area contributed by atoms with Crippen LogP contribution in [0.25, 0.3) is 0 Å². The van der Waals surface area contributed by atoms with Crippen molar-refractivity contribution in [1.29, 1.82) is 0 Å². The summed E-state index contributed by atoms with van der Waals surface area (Å²) in [5, 5.41) is 0. The van der Waals surface area contributed by atoms with Gasteiger partial charge < -0.3 is 14.4 Å². The molecule has 1 aromatic heterocycles. The Balaban J connectivity index is 2.22. The first kappa shape index (κ1) is 17.2.